The lowest BCUT2D eigenvalue weighted by atomic mass is 10.0. The molecule has 0 unspecified atom stereocenters. The summed E-state index contributed by atoms with van der Waals surface area (Å²) in [5.74, 6) is 0.00352. The van der Waals surface area contributed by atoms with Gasteiger partial charge in [0.2, 0.25) is 0 Å². The first-order chi connectivity index (χ1) is 7.02. The number of aromatic hydroxyl groups is 1. The summed E-state index contributed by atoms with van der Waals surface area (Å²) in [5.41, 5.74) is 1.51. The van der Waals surface area contributed by atoms with E-state index >= 15 is 0 Å². The van der Waals surface area contributed by atoms with Gasteiger partial charge in [-0.15, -0.1) is 0 Å². The number of rotatable bonds is 2. The molecule has 0 bridgehead atoms. The van der Waals surface area contributed by atoms with Crippen molar-refractivity contribution in [2.45, 2.75) is 13.8 Å². The van der Waals surface area contributed by atoms with E-state index < -0.39 is 5.97 Å². The Hall–Kier alpha value is -1.71. The smallest absolute Gasteiger partial charge is 0.341 e. The van der Waals surface area contributed by atoms with Crippen molar-refractivity contribution >= 4 is 5.97 Å². The summed E-state index contributed by atoms with van der Waals surface area (Å²) in [7, 11) is 2.76. The lowest BCUT2D eigenvalue weighted by Gasteiger charge is -2.13. The van der Waals surface area contributed by atoms with Crippen LogP contribution in [-0.2, 0) is 4.74 Å². The normalized spacial score (nSPS) is 9.87. The molecule has 4 heteroatoms. The van der Waals surface area contributed by atoms with Gasteiger partial charge in [-0.2, -0.15) is 0 Å². The Morgan fingerprint density at radius 3 is 2.40 bits per heavy atom. The van der Waals surface area contributed by atoms with E-state index in [4.69, 9.17) is 4.74 Å². The number of methoxy groups -OCH3 is 2. The number of carbonyl (C=O) groups is 1. The van der Waals surface area contributed by atoms with Gasteiger partial charge in [0.1, 0.15) is 17.1 Å². The van der Waals surface area contributed by atoms with Crippen molar-refractivity contribution in [3.63, 3.8) is 0 Å². The number of benzene rings is 1. The highest BCUT2D eigenvalue weighted by Crippen LogP contribution is 2.33. The van der Waals surface area contributed by atoms with Crippen molar-refractivity contribution in [1.29, 1.82) is 0 Å². The second-order valence-electron chi connectivity index (χ2n) is 3.24. The van der Waals surface area contributed by atoms with Crippen LogP contribution in [0.5, 0.6) is 11.5 Å². The van der Waals surface area contributed by atoms with Crippen molar-refractivity contribution in [3.8, 4) is 11.5 Å². The van der Waals surface area contributed by atoms with E-state index in [0.29, 0.717) is 22.4 Å². The zero-order chi connectivity index (χ0) is 11.6. The molecule has 0 radical (unpaired) electrons. The summed E-state index contributed by atoms with van der Waals surface area (Å²) < 4.78 is 9.75. The summed E-state index contributed by atoms with van der Waals surface area (Å²) in [6.45, 7) is 3.40. The summed E-state index contributed by atoms with van der Waals surface area (Å²) in [6, 6.07) is 1.52. The molecule has 1 N–H and O–H groups in total. The molecule has 0 heterocycles. The minimum atomic E-state index is -0.465. The first-order valence-corrected chi connectivity index (χ1v) is 4.48. The molecule has 0 aliphatic rings. The minimum absolute atomic E-state index is 0.108. The Balaban J connectivity index is 3.49. The number of phenolic OH excluding ortho intramolecular Hbond substituents is 1. The average molecular weight is 210 g/mol. The van der Waals surface area contributed by atoms with Crippen molar-refractivity contribution in [2.24, 2.45) is 0 Å². The van der Waals surface area contributed by atoms with E-state index in [1.807, 2.05) is 0 Å². The van der Waals surface area contributed by atoms with Gasteiger partial charge in [0, 0.05) is 5.56 Å². The molecule has 0 spiro atoms. The lowest BCUT2D eigenvalue weighted by Crippen LogP contribution is -2.07. The summed E-state index contributed by atoms with van der Waals surface area (Å²) in [4.78, 5) is 11.5. The second kappa shape index (κ2) is 4.21. The predicted molar refractivity (Wildman–Crippen MR) is 55.5 cm³/mol. The van der Waals surface area contributed by atoms with Crippen LogP contribution in [-0.4, -0.2) is 25.3 Å². The fourth-order valence-electron chi connectivity index (χ4n) is 1.48. The van der Waals surface area contributed by atoms with Crippen LogP contribution in [0.25, 0.3) is 0 Å². The standard InChI is InChI=1S/C11H14O4/c1-6-5-8(12)7(2)10(14-3)9(6)11(13)15-4/h5,12H,1-4H3. The number of hydrogen-bond acceptors (Lipinski definition) is 4. The fraction of sp³-hybridized carbons (Fsp3) is 0.364. The maximum absolute atomic E-state index is 11.5. The van der Waals surface area contributed by atoms with Crippen LogP contribution in [0.15, 0.2) is 6.07 Å². The highest BCUT2D eigenvalue weighted by molar-refractivity contribution is 5.95. The van der Waals surface area contributed by atoms with Gasteiger partial charge in [-0.1, -0.05) is 0 Å². The maximum atomic E-state index is 11.5. The zero-order valence-corrected chi connectivity index (χ0v) is 9.25. The molecule has 82 valence electrons. The van der Waals surface area contributed by atoms with E-state index in [1.165, 1.54) is 20.3 Å². The molecule has 1 rings (SSSR count). The summed E-state index contributed by atoms with van der Waals surface area (Å²) in [5, 5.41) is 9.56. The SMILES string of the molecule is COC(=O)c1c(C)cc(O)c(C)c1OC. The molecule has 1 aromatic rings. The van der Waals surface area contributed by atoms with Crippen LogP contribution in [0.1, 0.15) is 21.5 Å². The number of phenols is 1. The predicted octanol–water partition coefficient (Wildman–Crippen LogP) is 1.80. The molecule has 0 atom stereocenters. The van der Waals surface area contributed by atoms with Crippen molar-refractivity contribution in [3.05, 3.63) is 22.8 Å². The monoisotopic (exact) mass is 210 g/mol. The molecular formula is C11H14O4. The van der Waals surface area contributed by atoms with Crippen molar-refractivity contribution in [2.75, 3.05) is 14.2 Å². The van der Waals surface area contributed by atoms with Gasteiger partial charge in [0.15, 0.2) is 0 Å². The fourth-order valence-corrected chi connectivity index (χ4v) is 1.48. The van der Waals surface area contributed by atoms with E-state index in [9.17, 15) is 9.90 Å². The molecule has 0 saturated heterocycles. The second-order valence-corrected chi connectivity index (χ2v) is 3.24. The average Bonchev–Trinajstić information content (AvgIpc) is 2.21. The summed E-state index contributed by atoms with van der Waals surface area (Å²) >= 11 is 0. The maximum Gasteiger partial charge on any atom is 0.341 e. The van der Waals surface area contributed by atoms with Gasteiger partial charge >= 0.3 is 5.97 Å². The van der Waals surface area contributed by atoms with E-state index in [1.54, 1.807) is 13.8 Å². The molecule has 0 saturated carbocycles. The van der Waals surface area contributed by atoms with Gasteiger partial charge in [-0.25, -0.2) is 4.79 Å². The first-order valence-electron chi connectivity index (χ1n) is 4.48. The Labute approximate surface area is 88.4 Å². The highest BCUT2D eigenvalue weighted by Gasteiger charge is 2.20. The Bertz CT molecular complexity index is 396. The van der Waals surface area contributed by atoms with Crippen LogP contribution >= 0.6 is 0 Å². The number of aryl methyl sites for hydroxylation is 1. The zero-order valence-electron chi connectivity index (χ0n) is 9.25. The molecule has 0 aliphatic heterocycles. The molecule has 0 fully saturated rings. The number of carbonyl (C=O) groups excluding carboxylic acids is 1. The van der Waals surface area contributed by atoms with Crippen LogP contribution in [0.3, 0.4) is 0 Å². The minimum Gasteiger partial charge on any atom is -0.508 e. The number of ether oxygens (including phenoxy) is 2. The van der Waals surface area contributed by atoms with E-state index in [0.717, 1.165) is 0 Å². The van der Waals surface area contributed by atoms with Gasteiger partial charge in [-0.3, -0.25) is 0 Å². The first kappa shape index (κ1) is 11.4. The molecule has 4 nitrogen and oxygen atoms in total. The third-order valence-corrected chi connectivity index (χ3v) is 2.29. The molecular weight excluding hydrogens is 196 g/mol. The summed E-state index contributed by atoms with van der Waals surface area (Å²) in [6.07, 6.45) is 0. The third kappa shape index (κ3) is 1.88. The lowest BCUT2D eigenvalue weighted by molar-refractivity contribution is 0.0596. The van der Waals surface area contributed by atoms with Gasteiger partial charge in [0.05, 0.1) is 14.2 Å². The van der Waals surface area contributed by atoms with Crippen molar-refractivity contribution < 1.29 is 19.4 Å². The topological polar surface area (TPSA) is 55.8 Å². The van der Waals surface area contributed by atoms with Crippen LogP contribution in [0, 0.1) is 13.8 Å². The van der Waals surface area contributed by atoms with E-state index in [-0.39, 0.29) is 5.75 Å². The van der Waals surface area contributed by atoms with E-state index in [2.05, 4.69) is 4.74 Å². The largest absolute Gasteiger partial charge is 0.508 e. The molecule has 0 aromatic heterocycles. The van der Waals surface area contributed by atoms with Crippen molar-refractivity contribution in [1.82, 2.24) is 0 Å². The molecule has 0 aliphatic carbocycles. The van der Waals surface area contributed by atoms with Crippen LogP contribution in [0.2, 0.25) is 0 Å². The third-order valence-electron chi connectivity index (χ3n) is 2.29. The number of hydrogen-bond donors (Lipinski definition) is 1. The quantitative estimate of drug-likeness (QED) is 0.756. The molecule has 0 amide bonds. The van der Waals surface area contributed by atoms with Gasteiger partial charge < -0.3 is 14.6 Å². The molecule has 1 aromatic carbocycles. The van der Waals surface area contributed by atoms with Gasteiger partial charge in [0.25, 0.3) is 0 Å². The van der Waals surface area contributed by atoms with Crippen LogP contribution < -0.4 is 4.74 Å². The Morgan fingerprint density at radius 2 is 1.93 bits per heavy atom. The Morgan fingerprint density at radius 1 is 1.33 bits per heavy atom. The van der Waals surface area contributed by atoms with Crippen LogP contribution in [0.4, 0.5) is 0 Å². The highest BCUT2D eigenvalue weighted by atomic mass is 16.5. The number of esters is 1. The molecule has 15 heavy (non-hydrogen) atoms. The Kier molecular flexibility index (Phi) is 3.19. The van der Waals surface area contributed by atoms with Gasteiger partial charge in [-0.05, 0) is 25.5 Å².